The summed E-state index contributed by atoms with van der Waals surface area (Å²) in [6.07, 6.45) is 2.97. The summed E-state index contributed by atoms with van der Waals surface area (Å²) < 4.78 is 0. The highest BCUT2D eigenvalue weighted by atomic mass is 16.7. The van der Waals surface area contributed by atoms with Gasteiger partial charge in [-0.15, -0.1) is 0 Å². The van der Waals surface area contributed by atoms with Gasteiger partial charge < -0.3 is 5.11 Å². The van der Waals surface area contributed by atoms with Crippen molar-refractivity contribution >= 4 is 17.5 Å². The Balaban J connectivity index is 2.72. The predicted molar refractivity (Wildman–Crippen MR) is 69.0 cm³/mol. The van der Waals surface area contributed by atoms with Crippen molar-refractivity contribution < 1.29 is 24.3 Å². The minimum atomic E-state index is -1.96. The number of aliphatic hydroxyl groups is 1. The largest absolute Gasteiger partial charge is 0.383 e. The van der Waals surface area contributed by atoms with E-state index in [0.717, 1.165) is 11.1 Å². The molecule has 1 aliphatic carbocycles. The highest BCUT2D eigenvalue weighted by Gasteiger charge is 2.65. The number of aliphatic hydroxyl groups excluding tert-OH is 1. The number of hydroxylamine groups is 2. The maximum Gasteiger partial charge on any atom is 0.272 e. The summed E-state index contributed by atoms with van der Waals surface area (Å²) in [5.41, 5.74) is -1.86. The van der Waals surface area contributed by atoms with Crippen LogP contribution >= 0.6 is 0 Å². The molecule has 2 rings (SSSR count). The van der Waals surface area contributed by atoms with Crippen LogP contribution in [0.2, 0.25) is 0 Å². The number of amides is 1. The third kappa shape index (κ3) is 1.55. The molecule has 0 radical (unpaired) electrons. The molecular weight excluding hydrogens is 262 g/mol. The molecule has 0 saturated carbocycles. The third-order valence-corrected chi connectivity index (χ3v) is 3.56. The summed E-state index contributed by atoms with van der Waals surface area (Å²) in [7, 11) is 1.21. The van der Waals surface area contributed by atoms with E-state index in [9.17, 15) is 19.5 Å². The van der Waals surface area contributed by atoms with Crippen LogP contribution in [0.5, 0.6) is 0 Å². The summed E-state index contributed by atoms with van der Waals surface area (Å²) in [6, 6.07) is 0. The molecule has 20 heavy (non-hydrogen) atoms. The van der Waals surface area contributed by atoms with Crippen molar-refractivity contribution in [2.24, 2.45) is 5.41 Å². The average Bonchev–Trinajstić information content (AvgIpc) is 2.61. The predicted octanol–water partition coefficient (Wildman–Crippen LogP) is 0.295. The lowest BCUT2D eigenvalue weighted by Crippen LogP contribution is -2.52. The van der Waals surface area contributed by atoms with Gasteiger partial charge in [0.25, 0.3) is 5.91 Å². The zero-order chi connectivity index (χ0) is 15.1. The fourth-order valence-electron chi connectivity index (χ4n) is 2.60. The summed E-state index contributed by atoms with van der Waals surface area (Å²) in [5.74, 6) is -2.19. The lowest BCUT2D eigenvalue weighted by molar-refractivity contribution is -0.170. The second-order valence-corrected chi connectivity index (χ2v) is 4.57. The van der Waals surface area contributed by atoms with Crippen LogP contribution in [0, 0.1) is 5.41 Å². The number of rotatable bonds is 2. The average molecular weight is 277 g/mol. The first kappa shape index (κ1) is 14.4. The Labute approximate surface area is 116 Å². The molecule has 1 spiro atoms. The van der Waals surface area contributed by atoms with Crippen LogP contribution < -0.4 is 0 Å². The summed E-state index contributed by atoms with van der Waals surface area (Å²) in [6.45, 7) is 5.32. The molecule has 0 aromatic carbocycles. The molecule has 1 aliphatic heterocycles. The zero-order valence-corrected chi connectivity index (χ0v) is 11.3. The van der Waals surface area contributed by atoms with Gasteiger partial charge in [0.2, 0.25) is 5.78 Å². The lowest BCUT2D eigenvalue weighted by atomic mass is 9.68. The van der Waals surface area contributed by atoms with Crippen LogP contribution in [-0.2, 0) is 19.2 Å². The van der Waals surface area contributed by atoms with Crippen molar-refractivity contribution in [3.63, 3.8) is 0 Å². The van der Waals surface area contributed by atoms with Crippen molar-refractivity contribution in [1.29, 1.82) is 0 Å². The van der Waals surface area contributed by atoms with Gasteiger partial charge >= 0.3 is 0 Å². The first-order valence-electron chi connectivity index (χ1n) is 6.15. The van der Waals surface area contributed by atoms with E-state index in [0.29, 0.717) is 12.0 Å². The second kappa shape index (κ2) is 4.81. The monoisotopic (exact) mass is 277 g/mol. The standard InChI is InChI=1S/C14H15NO5/c1-4-5-9-6-7-10(16)12(18)14(9)11(17)8(2)15(20-3)13(14)19/h5-7,12,18H,2,4H2,1,3H3/b9-5-/t12-,14+/m1/s1. The number of allylic oxidation sites excluding steroid dienone is 3. The van der Waals surface area contributed by atoms with Gasteiger partial charge in [-0.3, -0.25) is 19.2 Å². The van der Waals surface area contributed by atoms with Gasteiger partial charge in [0.05, 0.1) is 7.11 Å². The van der Waals surface area contributed by atoms with Crippen molar-refractivity contribution in [3.05, 3.63) is 36.1 Å². The Morgan fingerprint density at radius 1 is 1.45 bits per heavy atom. The first-order chi connectivity index (χ1) is 9.42. The smallest absolute Gasteiger partial charge is 0.272 e. The Morgan fingerprint density at radius 2 is 2.10 bits per heavy atom. The van der Waals surface area contributed by atoms with Crippen LogP contribution in [0.1, 0.15) is 13.3 Å². The topological polar surface area (TPSA) is 83.9 Å². The summed E-state index contributed by atoms with van der Waals surface area (Å²) in [4.78, 5) is 41.6. The molecule has 1 N–H and O–H groups in total. The van der Waals surface area contributed by atoms with Crippen molar-refractivity contribution in [2.45, 2.75) is 19.4 Å². The molecule has 6 nitrogen and oxygen atoms in total. The molecular formula is C14H15NO5. The van der Waals surface area contributed by atoms with Crippen LogP contribution in [0.4, 0.5) is 0 Å². The van der Waals surface area contributed by atoms with E-state index in [1.165, 1.54) is 13.2 Å². The number of Topliss-reactive ketones (excluding diaryl/α,β-unsaturated/α-hetero) is 1. The number of carbonyl (C=O) groups is 3. The van der Waals surface area contributed by atoms with Crippen LogP contribution in [0.15, 0.2) is 36.1 Å². The minimum absolute atomic E-state index is 0.193. The molecule has 0 unspecified atom stereocenters. The molecule has 0 bridgehead atoms. The molecule has 1 heterocycles. The van der Waals surface area contributed by atoms with E-state index in [-0.39, 0.29) is 5.70 Å². The Morgan fingerprint density at radius 3 is 2.60 bits per heavy atom. The molecule has 0 aromatic rings. The first-order valence-corrected chi connectivity index (χ1v) is 6.15. The lowest BCUT2D eigenvalue weighted by Gasteiger charge is -2.32. The number of hydrogen-bond acceptors (Lipinski definition) is 5. The summed E-state index contributed by atoms with van der Waals surface area (Å²) in [5, 5.41) is 10.9. The fraction of sp³-hybridized carbons (Fsp3) is 0.357. The molecule has 1 fully saturated rings. The van der Waals surface area contributed by atoms with Gasteiger partial charge in [0.1, 0.15) is 11.8 Å². The second-order valence-electron chi connectivity index (χ2n) is 4.57. The van der Waals surface area contributed by atoms with Crippen LogP contribution in [0.3, 0.4) is 0 Å². The number of ketones is 2. The SMILES string of the molecule is C=C1C(=O)[C@@]2(C(=O)N1OC)/C(=C\CC)C=CC(=O)[C@H]2O. The van der Waals surface area contributed by atoms with E-state index in [2.05, 4.69) is 6.58 Å². The Bertz CT molecular complexity index is 574. The maximum atomic E-state index is 12.5. The van der Waals surface area contributed by atoms with Gasteiger partial charge in [0.15, 0.2) is 11.2 Å². The minimum Gasteiger partial charge on any atom is -0.383 e. The molecule has 2 aliphatic rings. The zero-order valence-electron chi connectivity index (χ0n) is 11.3. The number of nitrogens with zero attached hydrogens (tertiary/aromatic N) is 1. The Hall–Kier alpha value is -2.05. The van der Waals surface area contributed by atoms with Crippen molar-refractivity contribution in [1.82, 2.24) is 5.06 Å². The molecule has 0 aromatic heterocycles. The van der Waals surface area contributed by atoms with Gasteiger partial charge in [-0.2, -0.15) is 5.06 Å². The molecule has 2 atom stereocenters. The maximum absolute atomic E-state index is 12.5. The Kier molecular flexibility index (Phi) is 3.45. The quantitative estimate of drug-likeness (QED) is 0.579. The van der Waals surface area contributed by atoms with Crippen LogP contribution in [-0.4, -0.2) is 40.9 Å². The molecule has 6 heteroatoms. The van der Waals surface area contributed by atoms with E-state index < -0.39 is 29.0 Å². The van der Waals surface area contributed by atoms with E-state index in [1.807, 2.05) is 6.92 Å². The van der Waals surface area contributed by atoms with Gasteiger partial charge in [-0.1, -0.05) is 25.7 Å². The highest BCUT2D eigenvalue weighted by molar-refractivity contribution is 6.26. The summed E-state index contributed by atoms with van der Waals surface area (Å²) >= 11 is 0. The molecule has 106 valence electrons. The van der Waals surface area contributed by atoms with Crippen molar-refractivity contribution in [2.75, 3.05) is 7.11 Å². The number of carbonyl (C=O) groups excluding carboxylic acids is 3. The van der Waals surface area contributed by atoms with Crippen molar-refractivity contribution in [3.8, 4) is 0 Å². The van der Waals surface area contributed by atoms with E-state index in [4.69, 9.17) is 4.84 Å². The van der Waals surface area contributed by atoms with Gasteiger partial charge in [-0.25, -0.2) is 0 Å². The van der Waals surface area contributed by atoms with Crippen LogP contribution in [0.25, 0.3) is 0 Å². The third-order valence-electron chi connectivity index (χ3n) is 3.56. The highest BCUT2D eigenvalue weighted by Crippen LogP contribution is 2.46. The van der Waals surface area contributed by atoms with Gasteiger partial charge in [0, 0.05) is 0 Å². The van der Waals surface area contributed by atoms with E-state index >= 15 is 0 Å². The van der Waals surface area contributed by atoms with E-state index in [1.54, 1.807) is 6.08 Å². The molecule has 1 amide bonds. The van der Waals surface area contributed by atoms with Gasteiger partial charge in [-0.05, 0) is 18.1 Å². The normalized spacial score (nSPS) is 32.0. The fourth-order valence-corrected chi connectivity index (χ4v) is 2.60. The molecule has 1 saturated heterocycles. The number of hydrogen-bond donors (Lipinski definition) is 1.